The van der Waals surface area contributed by atoms with E-state index in [-0.39, 0.29) is 5.69 Å². The highest BCUT2D eigenvalue weighted by molar-refractivity contribution is 7.16. The van der Waals surface area contributed by atoms with Crippen molar-refractivity contribution in [3.05, 3.63) is 69.3 Å². The molecule has 0 fully saturated rings. The van der Waals surface area contributed by atoms with Crippen molar-refractivity contribution >= 4 is 34.3 Å². The van der Waals surface area contributed by atoms with Gasteiger partial charge >= 0.3 is 5.69 Å². The van der Waals surface area contributed by atoms with Crippen LogP contribution in [-0.4, -0.2) is 16.6 Å². The quantitative estimate of drug-likeness (QED) is 0.677. The largest absolute Gasteiger partial charge is 0.497 e. The molecule has 25 heavy (non-hydrogen) atoms. The van der Waals surface area contributed by atoms with E-state index in [0.29, 0.717) is 0 Å². The molecule has 0 aliphatic rings. The molecule has 0 N–H and O–H groups in total. The fourth-order valence-electron chi connectivity index (χ4n) is 2.49. The van der Waals surface area contributed by atoms with Crippen LogP contribution in [0.5, 0.6) is 0 Å². The van der Waals surface area contributed by atoms with Gasteiger partial charge in [0.25, 0.3) is 0 Å². The summed E-state index contributed by atoms with van der Waals surface area (Å²) in [5, 5.41) is 0.941. The molecule has 0 radical (unpaired) electrons. The molecule has 0 spiro atoms. The van der Waals surface area contributed by atoms with Gasteiger partial charge in [0.1, 0.15) is 5.69 Å². The Hall–Kier alpha value is -2.73. The summed E-state index contributed by atoms with van der Waals surface area (Å²) in [5.41, 5.74) is 2.89. The van der Waals surface area contributed by atoms with Crippen molar-refractivity contribution in [1.82, 2.24) is 9.55 Å². The minimum absolute atomic E-state index is 0.0484. The molecular formula is C19H21N4OS+. The van der Waals surface area contributed by atoms with E-state index in [9.17, 15) is 4.79 Å². The van der Waals surface area contributed by atoms with Gasteiger partial charge in [-0.15, -0.1) is 0 Å². The predicted molar refractivity (Wildman–Crippen MR) is 103 cm³/mol. The van der Waals surface area contributed by atoms with E-state index in [1.165, 1.54) is 0 Å². The van der Waals surface area contributed by atoms with Crippen molar-refractivity contribution in [3.63, 3.8) is 0 Å². The van der Waals surface area contributed by atoms with Crippen molar-refractivity contribution in [3.8, 4) is 0 Å². The Bertz CT molecular complexity index is 973. The molecule has 0 saturated heterocycles. The van der Waals surface area contributed by atoms with E-state index in [4.69, 9.17) is 0 Å². The van der Waals surface area contributed by atoms with Crippen molar-refractivity contribution in [2.75, 3.05) is 11.9 Å². The minimum atomic E-state index is -0.0484. The third-order valence-corrected chi connectivity index (χ3v) is 5.30. The average Bonchev–Trinajstić information content (AvgIpc) is 3.00. The second kappa shape index (κ2) is 7.03. The van der Waals surface area contributed by atoms with E-state index in [2.05, 4.69) is 22.0 Å². The highest BCUT2D eigenvalue weighted by Crippen LogP contribution is 2.31. The van der Waals surface area contributed by atoms with Gasteiger partial charge in [-0.2, -0.15) is 9.36 Å². The van der Waals surface area contributed by atoms with Gasteiger partial charge in [-0.1, -0.05) is 29.5 Å². The van der Waals surface area contributed by atoms with Crippen LogP contribution in [0.25, 0.3) is 12.2 Å². The third-order valence-electron chi connectivity index (χ3n) is 4.10. The normalized spacial score (nSPS) is 11.2. The Morgan fingerprint density at radius 3 is 2.64 bits per heavy atom. The minimum Gasteiger partial charge on any atom is -0.321 e. The zero-order valence-electron chi connectivity index (χ0n) is 14.8. The van der Waals surface area contributed by atoms with Crippen LogP contribution in [0.1, 0.15) is 16.3 Å². The molecule has 128 valence electrons. The molecule has 0 unspecified atom stereocenters. The average molecular weight is 353 g/mol. The first kappa shape index (κ1) is 17.1. The van der Waals surface area contributed by atoms with E-state index < -0.39 is 0 Å². The molecule has 1 aromatic carbocycles. The number of rotatable bonds is 4. The zero-order valence-corrected chi connectivity index (χ0v) is 15.6. The Morgan fingerprint density at radius 2 is 1.92 bits per heavy atom. The van der Waals surface area contributed by atoms with Gasteiger partial charge in [0.05, 0.1) is 30.9 Å². The predicted octanol–water partition coefficient (Wildman–Crippen LogP) is 2.91. The standard InChI is InChI=1S/C19H21N4OS/c1-14-17(11-10-16-12-13-21(2)19(24)23(16)4)25-18(20-14)22(3)15-8-6-5-7-9-15/h5-13H,1-4H3/q+1. The van der Waals surface area contributed by atoms with Gasteiger partial charge in [0.2, 0.25) is 0 Å². The number of para-hydroxylation sites is 1. The fraction of sp³-hybridized carbons (Fsp3) is 0.211. The first-order valence-electron chi connectivity index (χ1n) is 7.97. The van der Waals surface area contributed by atoms with Crippen molar-refractivity contribution < 1.29 is 4.57 Å². The van der Waals surface area contributed by atoms with Gasteiger partial charge in [-0.05, 0) is 31.2 Å². The van der Waals surface area contributed by atoms with E-state index in [1.54, 1.807) is 40.8 Å². The molecule has 5 nitrogen and oxygen atoms in total. The second-order valence-corrected chi connectivity index (χ2v) is 6.88. The smallest absolute Gasteiger partial charge is 0.321 e. The maximum atomic E-state index is 12.0. The Kier molecular flexibility index (Phi) is 4.81. The van der Waals surface area contributed by atoms with Crippen LogP contribution < -0.4 is 15.2 Å². The van der Waals surface area contributed by atoms with Gasteiger partial charge in [-0.25, -0.2) is 9.55 Å². The molecule has 3 rings (SSSR count). The highest BCUT2D eigenvalue weighted by atomic mass is 32.1. The molecule has 2 heterocycles. The summed E-state index contributed by atoms with van der Waals surface area (Å²) in [4.78, 5) is 19.8. The SMILES string of the molecule is Cc1nc(N(C)c2ccccc2)sc1/C=C/c1cc[n+](C)c(=O)n1C. The maximum absolute atomic E-state index is 12.0. The molecule has 0 saturated carbocycles. The van der Waals surface area contributed by atoms with Crippen molar-refractivity contribution in [2.45, 2.75) is 6.92 Å². The molecule has 0 aliphatic heterocycles. The molecule has 0 bridgehead atoms. The van der Waals surface area contributed by atoms with Crippen LogP contribution in [0.4, 0.5) is 10.8 Å². The number of thiazole rings is 1. The monoisotopic (exact) mass is 353 g/mol. The summed E-state index contributed by atoms with van der Waals surface area (Å²) >= 11 is 1.63. The molecule has 0 amide bonds. The van der Waals surface area contributed by atoms with Crippen LogP contribution in [0.15, 0.2) is 47.4 Å². The van der Waals surface area contributed by atoms with Gasteiger partial charge in [0.15, 0.2) is 5.13 Å². The zero-order chi connectivity index (χ0) is 18.0. The van der Waals surface area contributed by atoms with Crippen LogP contribution in [0, 0.1) is 6.92 Å². The Balaban J connectivity index is 1.89. The first-order chi connectivity index (χ1) is 12.0. The highest BCUT2D eigenvalue weighted by Gasteiger charge is 2.12. The Labute approximate surface area is 151 Å². The summed E-state index contributed by atoms with van der Waals surface area (Å²) < 4.78 is 3.19. The number of nitrogens with zero attached hydrogens (tertiary/aromatic N) is 4. The van der Waals surface area contributed by atoms with E-state index >= 15 is 0 Å². The fourth-order valence-corrected chi connectivity index (χ4v) is 3.44. The van der Waals surface area contributed by atoms with E-state index in [0.717, 1.165) is 27.1 Å². The lowest BCUT2D eigenvalue weighted by atomic mass is 10.3. The second-order valence-electron chi connectivity index (χ2n) is 5.87. The topological polar surface area (TPSA) is 42.0 Å². The third kappa shape index (κ3) is 3.53. The number of hydrogen-bond acceptors (Lipinski definition) is 4. The number of hydrogen-bond donors (Lipinski definition) is 0. The molecule has 0 aliphatic carbocycles. The summed E-state index contributed by atoms with van der Waals surface area (Å²) in [6.45, 7) is 2.00. The van der Waals surface area contributed by atoms with Crippen LogP contribution in [-0.2, 0) is 14.1 Å². The summed E-state index contributed by atoms with van der Waals surface area (Å²) in [6, 6.07) is 12.1. The molecule has 6 heteroatoms. The number of anilines is 2. The number of aromatic nitrogens is 3. The molecule has 0 atom stereocenters. The summed E-state index contributed by atoms with van der Waals surface area (Å²) in [7, 11) is 5.53. The van der Waals surface area contributed by atoms with Gasteiger partial charge < -0.3 is 4.90 Å². The van der Waals surface area contributed by atoms with E-state index in [1.807, 2.05) is 50.4 Å². The van der Waals surface area contributed by atoms with Crippen LogP contribution in [0.2, 0.25) is 0 Å². The van der Waals surface area contributed by atoms with Crippen molar-refractivity contribution in [1.29, 1.82) is 0 Å². The first-order valence-corrected chi connectivity index (χ1v) is 8.79. The molecular weight excluding hydrogens is 332 g/mol. The van der Waals surface area contributed by atoms with Crippen LogP contribution in [0.3, 0.4) is 0 Å². The van der Waals surface area contributed by atoms with Gasteiger partial charge in [-0.3, -0.25) is 0 Å². The van der Waals surface area contributed by atoms with Gasteiger partial charge in [0, 0.05) is 18.8 Å². The van der Waals surface area contributed by atoms with Crippen molar-refractivity contribution in [2.24, 2.45) is 14.1 Å². The lowest BCUT2D eigenvalue weighted by Gasteiger charge is -2.15. The summed E-state index contributed by atoms with van der Waals surface area (Å²) in [5.74, 6) is 0. The lowest BCUT2D eigenvalue weighted by Crippen LogP contribution is -2.50. The Morgan fingerprint density at radius 1 is 1.20 bits per heavy atom. The number of aryl methyl sites for hydroxylation is 2. The molecule has 2 aromatic heterocycles. The van der Waals surface area contributed by atoms with Crippen LogP contribution >= 0.6 is 11.3 Å². The molecule has 3 aromatic rings. The lowest BCUT2D eigenvalue weighted by molar-refractivity contribution is -0.690. The number of benzene rings is 1. The summed E-state index contributed by atoms with van der Waals surface area (Å²) in [6.07, 6.45) is 5.74. The maximum Gasteiger partial charge on any atom is 0.497 e.